The summed E-state index contributed by atoms with van der Waals surface area (Å²) in [6.45, 7) is 2.33. The van der Waals surface area contributed by atoms with E-state index >= 15 is 0 Å². The van der Waals surface area contributed by atoms with Gasteiger partial charge in [-0.25, -0.2) is 4.79 Å². The second-order valence-corrected chi connectivity index (χ2v) is 3.86. The molecule has 0 saturated heterocycles. The molecule has 1 N–H and O–H groups in total. The number of amides is 1. The molecule has 0 spiro atoms. The number of rotatable bonds is 6. The van der Waals surface area contributed by atoms with Crippen molar-refractivity contribution in [1.29, 1.82) is 0 Å². The molecule has 6 heteroatoms. The van der Waals surface area contributed by atoms with Gasteiger partial charge in [-0.1, -0.05) is 13.3 Å². The fourth-order valence-electron chi connectivity index (χ4n) is 1.28. The Bertz CT molecular complexity index is 432. The van der Waals surface area contributed by atoms with Gasteiger partial charge in [0.2, 0.25) is 0 Å². The number of carbonyl (C=O) groups excluding carboxylic acids is 2. The van der Waals surface area contributed by atoms with Crippen molar-refractivity contribution in [2.45, 2.75) is 26.2 Å². The summed E-state index contributed by atoms with van der Waals surface area (Å²) in [4.78, 5) is 22.3. The molecule has 0 radical (unpaired) electrons. The van der Waals surface area contributed by atoms with Crippen molar-refractivity contribution in [2.75, 3.05) is 11.9 Å². The maximum Gasteiger partial charge on any atom is 0.338 e. The first-order chi connectivity index (χ1) is 9.04. The summed E-state index contributed by atoms with van der Waals surface area (Å²) in [6, 6.07) is 5.57. The number of halogens is 2. The minimum Gasteiger partial charge on any atom is -0.462 e. The van der Waals surface area contributed by atoms with Gasteiger partial charge in [-0.3, -0.25) is 4.79 Å². The smallest absolute Gasteiger partial charge is 0.338 e. The number of nitrogens with one attached hydrogen (secondary N) is 1. The molecule has 19 heavy (non-hydrogen) atoms. The average molecular weight is 271 g/mol. The van der Waals surface area contributed by atoms with Crippen molar-refractivity contribution in [1.82, 2.24) is 0 Å². The van der Waals surface area contributed by atoms with Gasteiger partial charge in [0.25, 0.3) is 5.91 Å². The van der Waals surface area contributed by atoms with Gasteiger partial charge in [-0.15, -0.1) is 0 Å². The van der Waals surface area contributed by atoms with Crippen LogP contribution in [0.25, 0.3) is 0 Å². The lowest BCUT2D eigenvalue weighted by Crippen LogP contribution is -2.20. The van der Waals surface area contributed by atoms with Crippen LogP contribution in [0, 0.1) is 0 Å². The van der Waals surface area contributed by atoms with E-state index < -0.39 is 18.3 Å². The molecule has 0 heterocycles. The third-order valence-electron chi connectivity index (χ3n) is 2.32. The van der Waals surface area contributed by atoms with E-state index in [-0.39, 0.29) is 5.69 Å². The minimum absolute atomic E-state index is 0.204. The van der Waals surface area contributed by atoms with Crippen molar-refractivity contribution in [3.63, 3.8) is 0 Å². The molecule has 0 saturated carbocycles. The number of alkyl halides is 2. The first-order valence-electron chi connectivity index (χ1n) is 5.90. The largest absolute Gasteiger partial charge is 0.462 e. The molecule has 0 aliphatic carbocycles. The molecule has 104 valence electrons. The quantitative estimate of drug-likeness (QED) is 0.639. The first kappa shape index (κ1) is 15.1. The Hall–Kier alpha value is -1.98. The van der Waals surface area contributed by atoms with Gasteiger partial charge in [0.15, 0.2) is 0 Å². The van der Waals surface area contributed by atoms with Crippen LogP contribution in [-0.4, -0.2) is 24.9 Å². The zero-order chi connectivity index (χ0) is 14.3. The lowest BCUT2D eigenvalue weighted by atomic mass is 10.2. The fourth-order valence-corrected chi connectivity index (χ4v) is 1.28. The van der Waals surface area contributed by atoms with Crippen molar-refractivity contribution in [2.24, 2.45) is 0 Å². The Balaban J connectivity index is 2.56. The van der Waals surface area contributed by atoms with E-state index in [0.717, 1.165) is 12.8 Å². The Morgan fingerprint density at radius 2 is 1.89 bits per heavy atom. The number of ether oxygens (including phenoxy) is 1. The van der Waals surface area contributed by atoms with Crippen molar-refractivity contribution < 1.29 is 23.1 Å². The number of hydrogen-bond acceptors (Lipinski definition) is 3. The van der Waals surface area contributed by atoms with Gasteiger partial charge in [0, 0.05) is 5.69 Å². The van der Waals surface area contributed by atoms with Crippen molar-refractivity contribution in [3.8, 4) is 0 Å². The Morgan fingerprint density at radius 1 is 1.26 bits per heavy atom. The van der Waals surface area contributed by atoms with Gasteiger partial charge < -0.3 is 10.1 Å². The summed E-state index contributed by atoms with van der Waals surface area (Å²) in [7, 11) is 0. The number of benzene rings is 1. The van der Waals surface area contributed by atoms with Gasteiger partial charge in [0.1, 0.15) is 0 Å². The van der Waals surface area contributed by atoms with Crippen LogP contribution < -0.4 is 5.32 Å². The van der Waals surface area contributed by atoms with E-state index in [0.29, 0.717) is 12.2 Å². The van der Waals surface area contributed by atoms with E-state index in [1.54, 1.807) is 0 Å². The van der Waals surface area contributed by atoms with E-state index in [1.165, 1.54) is 24.3 Å². The molecule has 0 unspecified atom stereocenters. The Morgan fingerprint density at radius 3 is 2.42 bits per heavy atom. The lowest BCUT2D eigenvalue weighted by Gasteiger charge is -2.06. The highest BCUT2D eigenvalue weighted by atomic mass is 19.3. The average Bonchev–Trinajstić information content (AvgIpc) is 2.39. The SMILES string of the molecule is CCCCOC(=O)c1ccc(NC(=O)C(F)F)cc1. The molecule has 1 aromatic carbocycles. The molecule has 0 aromatic heterocycles. The molecule has 1 aromatic rings. The van der Waals surface area contributed by atoms with E-state index in [4.69, 9.17) is 4.74 Å². The number of anilines is 1. The Labute approximate surface area is 109 Å². The molecular formula is C13H15F2NO3. The summed E-state index contributed by atoms with van der Waals surface area (Å²) in [5.74, 6) is -1.85. The van der Waals surface area contributed by atoms with Crippen LogP contribution in [0.15, 0.2) is 24.3 Å². The van der Waals surface area contributed by atoms with Gasteiger partial charge in [0.05, 0.1) is 12.2 Å². The molecule has 1 amide bonds. The number of esters is 1. The lowest BCUT2D eigenvalue weighted by molar-refractivity contribution is -0.126. The fraction of sp³-hybridized carbons (Fsp3) is 0.385. The summed E-state index contributed by atoms with van der Waals surface area (Å²) < 4.78 is 29.0. The standard InChI is InChI=1S/C13H15F2NO3/c1-2-3-8-19-13(18)9-4-6-10(7-5-9)16-12(17)11(14)15/h4-7,11H,2-3,8H2,1H3,(H,16,17). The molecule has 0 bridgehead atoms. The van der Waals surface area contributed by atoms with Crippen LogP contribution in [0.2, 0.25) is 0 Å². The van der Waals surface area contributed by atoms with Crippen LogP contribution in [-0.2, 0) is 9.53 Å². The topological polar surface area (TPSA) is 55.4 Å². The van der Waals surface area contributed by atoms with E-state index in [9.17, 15) is 18.4 Å². The van der Waals surface area contributed by atoms with Crippen LogP contribution in [0.5, 0.6) is 0 Å². The normalized spacial score (nSPS) is 10.3. The highest BCUT2D eigenvalue weighted by Gasteiger charge is 2.15. The summed E-state index contributed by atoms with van der Waals surface area (Å²) in [6.07, 6.45) is -1.36. The molecule has 4 nitrogen and oxygen atoms in total. The maximum atomic E-state index is 12.0. The number of unbranched alkanes of at least 4 members (excludes halogenated alkanes) is 1. The van der Waals surface area contributed by atoms with Gasteiger partial charge in [-0.05, 0) is 30.7 Å². The van der Waals surface area contributed by atoms with E-state index in [2.05, 4.69) is 0 Å². The maximum absolute atomic E-state index is 12.0. The van der Waals surface area contributed by atoms with Crippen LogP contribution in [0.4, 0.5) is 14.5 Å². The molecule has 0 aliphatic rings. The number of carbonyl (C=O) groups is 2. The van der Waals surface area contributed by atoms with Crippen LogP contribution in [0.1, 0.15) is 30.1 Å². The third kappa shape index (κ3) is 5.03. The second kappa shape index (κ2) is 7.45. The van der Waals surface area contributed by atoms with Crippen LogP contribution in [0.3, 0.4) is 0 Å². The molecular weight excluding hydrogens is 256 g/mol. The number of hydrogen-bond donors (Lipinski definition) is 1. The second-order valence-electron chi connectivity index (χ2n) is 3.86. The zero-order valence-corrected chi connectivity index (χ0v) is 10.5. The van der Waals surface area contributed by atoms with Crippen molar-refractivity contribution in [3.05, 3.63) is 29.8 Å². The van der Waals surface area contributed by atoms with Crippen molar-refractivity contribution >= 4 is 17.6 Å². The predicted molar refractivity (Wildman–Crippen MR) is 66.3 cm³/mol. The zero-order valence-electron chi connectivity index (χ0n) is 10.5. The monoisotopic (exact) mass is 271 g/mol. The predicted octanol–water partition coefficient (Wildman–Crippen LogP) is 2.85. The molecule has 1 rings (SSSR count). The summed E-state index contributed by atoms with van der Waals surface area (Å²) in [5.41, 5.74) is 0.515. The first-order valence-corrected chi connectivity index (χ1v) is 5.90. The minimum atomic E-state index is -3.07. The Kier molecular flexibility index (Phi) is 5.92. The highest BCUT2D eigenvalue weighted by molar-refractivity contribution is 5.94. The summed E-state index contributed by atoms with van der Waals surface area (Å²) >= 11 is 0. The molecule has 0 aliphatic heterocycles. The van der Waals surface area contributed by atoms with Gasteiger partial charge >= 0.3 is 12.4 Å². The summed E-state index contributed by atoms with van der Waals surface area (Å²) in [5, 5.41) is 2.02. The molecule has 0 fully saturated rings. The van der Waals surface area contributed by atoms with Gasteiger partial charge in [-0.2, -0.15) is 8.78 Å². The van der Waals surface area contributed by atoms with E-state index in [1.807, 2.05) is 12.2 Å². The molecule has 0 atom stereocenters. The third-order valence-corrected chi connectivity index (χ3v) is 2.32. The highest BCUT2D eigenvalue weighted by Crippen LogP contribution is 2.12. The van der Waals surface area contributed by atoms with Crippen LogP contribution >= 0.6 is 0 Å².